The van der Waals surface area contributed by atoms with E-state index in [1.54, 1.807) is 0 Å². The van der Waals surface area contributed by atoms with Crippen LogP contribution < -0.4 is 4.90 Å². The number of hydrogen-bond donors (Lipinski definition) is 0. The Bertz CT molecular complexity index is 3180. The number of fused-ring (bicyclic) bond motifs is 7. The lowest BCUT2D eigenvalue weighted by Gasteiger charge is -2.26. The average Bonchev–Trinajstić information content (AvgIpc) is 3.79. The summed E-state index contributed by atoms with van der Waals surface area (Å²) in [4.78, 5) is 2.36. The summed E-state index contributed by atoms with van der Waals surface area (Å²) in [5.41, 5.74) is 13.1. The van der Waals surface area contributed by atoms with Crippen LogP contribution in [-0.4, -0.2) is 4.57 Å². The maximum absolute atomic E-state index is 6.61. The molecule has 2 aromatic heterocycles. The molecule has 0 aliphatic heterocycles. The molecule has 0 atom stereocenters. The molecule has 3 nitrogen and oxygen atoms in total. The molecular formula is C52H34N2O. The van der Waals surface area contributed by atoms with Crippen molar-refractivity contribution in [3.05, 3.63) is 206 Å². The van der Waals surface area contributed by atoms with E-state index >= 15 is 0 Å². The molecule has 55 heavy (non-hydrogen) atoms. The first-order chi connectivity index (χ1) is 27.3. The van der Waals surface area contributed by atoms with Crippen molar-refractivity contribution >= 4 is 71.6 Å². The lowest BCUT2D eigenvalue weighted by Crippen LogP contribution is -2.10. The Hall–Kier alpha value is -7.36. The van der Waals surface area contributed by atoms with Crippen molar-refractivity contribution in [2.45, 2.75) is 0 Å². The van der Waals surface area contributed by atoms with Gasteiger partial charge >= 0.3 is 0 Å². The van der Waals surface area contributed by atoms with Crippen molar-refractivity contribution < 1.29 is 4.42 Å². The third kappa shape index (κ3) is 5.20. The number of anilines is 3. The summed E-state index contributed by atoms with van der Waals surface area (Å²) in [7, 11) is 0. The van der Waals surface area contributed by atoms with Crippen molar-refractivity contribution in [3.8, 4) is 27.9 Å². The van der Waals surface area contributed by atoms with E-state index in [-0.39, 0.29) is 0 Å². The molecular weight excluding hydrogens is 669 g/mol. The van der Waals surface area contributed by atoms with E-state index in [1.165, 1.54) is 38.2 Å². The van der Waals surface area contributed by atoms with Gasteiger partial charge in [-0.3, -0.25) is 0 Å². The Balaban J connectivity index is 1.06. The van der Waals surface area contributed by atoms with Crippen molar-refractivity contribution in [3.63, 3.8) is 0 Å². The number of para-hydroxylation sites is 3. The van der Waals surface area contributed by atoms with Crippen LogP contribution in [0.15, 0.2) is 211 Å². The van der Waals surface area contributed by atoms with Crippen LogP contribution in [0.2, 0.25) is 0 Å². The van der Waals surface area contributed by atoms with Gasteiger partial charge in [0.05, 0.1) is 11.0 Å². The van der Waals surface area contributed by atoms with E-state index in [4.69, 9.17) is 4.42 Å². The van der Waals surface area contributed by atoms with Gasteiger partial charge in [0, 0.05) is 49.9 Å². The second kappa shape index (κ2) is 12.6. The standard InChI is InChI=1S/C52H34N2O/c1-3-12-35(13-4-1)36-22-26-41(27-23-36)53(43-30-31-46-45-18-9-10-21-49(45)54(50(46)34-43)40-16-5-2-6-17-40)42-28-24-37(25-29-42)44-19-11-20-47-48-32-38-14-7-8-15-39(38)33-51(48)55-52(44)47/h1-34H. The van der Waals surface area contributed by atoms with Crippen molar-refractivity contribution in [2.75, 3.05) is 4.90 Å². The molecule has 0 spiro atoms. The van der Waals surface area contributed by atoms with Crippen molar-refractivity contribution in [2.24, 2.45) is 0 Å². The molecule has 0 saturated heterocycles. The number of furan rings is 1. The second-order valence-corrected chi connectivity index (χ2v) is 14.2. The van der Waals surface area contributed by atoms with E-state index < -0.39 is 0 Å². The molecule has 0 aliphatic rings. The van der Waals surface area contributed by atoms with Crippen LogP contribution in [0.1, 0.15) is 0 Å². The van der Waals surface area contributed by atoms with Gasteiger partial charge in [0.1, 0.15) is 11.2 Å². The third-order valence-electron chi connectivity index (χ3n) is 11.0. The topological polar surface area (TPSA) is 21.3 Å². The van der Waals surface area contributed by atoms with Gasteiger partial charge in [-0.2, -0.15) is 0 Å². The van der Waals surface area contributed by atoms with Crippen LogP contribution >= 0.6 is 0 Å². The number of aromatic nitrogens is 1. The Labute approximate surface area is 318 Å². The lowest BCUT2D eigenvalue weighted by atomic mass is 10.0. The Kier molecular flexibility index (Phi) is 7.17. The highest BCUT2D eigenvalue weighted by Gasteiger charge is 2.19. The van der Waals surface area contributed by atoms with E-state index in [0.29, 0.717) is 0 Å². The van der Waals surface area contributed by atoms with Crippen LogP contribution in [0, 0.1) is 0 Å². The zero-order valence-corrected chi connectivity index (χ0v) is 29.9. The smallest absolute Gasteiger partial charge is 0.143 e. The molecule has 0 fully saturated rings. The molecule has 0 unspecified atom stereocenters. The van der Waals surface area contributed by atoms with Crippen molar-refractivity contribution in [1.29, 1.82) is 0 Å². The fourth-order valence-corrected chi connectivity index (χ4v) is 8.33. The van der Waals surface area contributed by atoms with E-state index in [9.17, 15) is 0 Å². The zero-order valence-electron chi connectivity index (χ0n) is 29.9. The highest BCUT2D eigenvalue weighted by Crippen LogP contribution is 2.42. The van der Waals surface area contributed by atoms with Crippen molar-refractivity contribution in [1.82, 2.24) is 4.57 Å². The molecule has 0 bridgehead atoms. The van der Waals surface area contributed by atoms with Gasteiger partial charge in [0.25, 0.3) is 0 Å². The van der Waals surface area contributed by atoms with Gasteiger partial charge < -0.3 is 13.9 Å². The minimum Gasteiger partial charge on any atom is -0.455 e. The van der Waals surface area contributed by atoms with Gasteiger partial charge in [0.15, 0.2) is 0 Å². The fraction of sp³-hybridized carbons (Fsp3) is 0. The number of nitrogens with zero attached hydrogens (tertiary/aromatic N) is 2. The number of benzene rings is 9. The van der Waals surface area contributed by atoms with Gasteiger partial charge in [-0.05, 0) is 94.2 Å². The molecule has 0 saturated carbocycles. The van der Waals surface area contributed by atoms with Crippen LogP contribution in [0.25, 0.3) is 82.5 Å². The molecule has 11 rings (SSSR count). The zero-order chi connectivity index (χ0) is 36.3. The summed E-state index contributed by atoms with van der Waals surface area (Å²) in [6, 6.07) is 73.9. The molecule has 258 valence electrons. The van der Waals surface area contributed by atoms with E-state index in [2.05, 4.69) is 216 Å². The van der Waals surface area contributed by atoms with Crippen LogP contribution in [0.4, 0.5) is 17.1 Å². The molecule has 3 heteroatoms. The maximum Gasteiger partial charge on any atom is 0.143 e. The van der Waals surface area contributed by atoms with Crippen LogP contribution in [-0.2, 0) is 0 Å². The first-order valence-electron chi connectivity index (χ1n) is 18.8. The largest absolute Gasteiger partial charge is 0.455 e. The minimum absolute atomic E-state index is 0.909. The van der Waals surface area contributed by atoms with Crippen LogP contribution in [0.3, 0.4) is 0 Å². The SMILES string of the molecule is c1ccc(-c2ccc(N(c3ccc(-c4cccc5c4oc4cc6ccccc6cc45)cc3)c3ccc4c5ccccc5n(-c5ccccc5)c4c3)cc2)cc1. The molecule has 2 heterocycles. The summed E-state index contributed by atoms with van der Waals surface area (Å²) in [6.07, 6.45) is 0. The molecule has 0 N–H and O–H groups in total. The van der Waals surface area contributed by atoms with E-state index in [0.717, 1.165) is 61.3 Å². The predicted octanol–water partition coefficient (Wildman–Crippen LogP) is 14.6. The number of rotatable bonds is 6. The number of hydrogen-bond acceptors (Lipinski definition) is 2. The maximum atomic E-state index is 6.61. The fourth-order valence-electron chi connectivity index (χ4n) is 8.33. The molecule has 0 amide bonds. The lowest BCUT2D eigenvalue weighted by molar-refractivity contribution is 0.670. The highest BCUT2D eigenvalue weighted by molar-refractivity contribution is 6.13. The average molecular weight is 703 g/mol. The summed E-state index contributed by atoms with van der Waals surface area (Å²) in [5, 5.41) is 7.13. The predicted molar refractivity (Wildman–Crippen MR) is 231 cm³/mol. The molecule has 0 radical (unpaired) electrons. The second-order valence-electron chi connectivity index (χ2n) is 14.2. The Morgan fingerprint density at radius 3 is 1.71 bits per heavy atom. The quantitative estimate of drug-likeness (QED) is 0.172. The summed E-state index contributed by atoms with van der Waals surface area (Å²) < 4.78 is 8.99. The highest BCUT2D eigenvalue weighted by atomic mass is 16.3. The first kappa shape index (κ1) is 31.2. The summed E-state index contributed by atoms with van der Waals surface area (Å²) >= 11 is 0. The molecule has 0 aliphatic carbocycles. The third-order valence-corrected chi connectivity index (χ3v) is 11.0. The minimum atomic E-state index is 0.909. The summed E-state index contributed by atoms with van der Waals surface area (Å²) in [5.74, 6) is 0. The van der Waals surface area contributed by atoms with E-state index in [1.807, 2.05) is 0 Å². The molecule has 9 aromatic carbocycles. The van der Waals surface area contributed by atoms with Gasteiger partial charge in [-0.25, -0.2) is 0 Å². The van der Waals surface area contributed by atoms with Gasteiger partial charge in [0.2, 0.25) is 0 Å². The first-order valence-corrected chi connectivity index (χ1v) is 18.8. The monoisotopic (exact) mass is 702 g/mol. The van der Waals surface area contributed by atoms with Crippen LogP contribution in [0.5, 0.6) is 0 Å². The molecule has 11 aromatic rings. The Morgan fingerprint density at radius 1 is 0.364 bits per heavy atom. The Morgan fingerprint density at radius 2 is 0.945 bits per heavy atom. The summed E-state index contributed by atoms with van der Waals surface area (Å²) in [6.45, 7) is 0. The van der Waals surface area contributed by atoms with Gasteiger partial charge in [-0.15, -0.1) is 0 Å². The van der Waals surface area contributed by atoms with Gasteiger partial charge in [-0.1, -0.05) is 140 Å². The normalized spacial score (nSPS) is 11.6.